The molecule has 3 nitrogen and oxygen atoms in total. The minimum Gasteiger partial charge on any atom is -0.377 e. The second-order valence-electron chi connectivity index (χ2n) is 5.62. The third kappa shape index (κ3) is 3.35. The van der Waals surface area contributed by atoms with E-state index in [1.165, 1.54) is 29.5 Å². The topological polar surface area (TPSA) is 38.5 Å². The summed E-state index contributed by atoms with van der Waals surface area (Å²) in [7, 11) is 2.15. The fourth-order valence-corrected chi connectivity index (χ4v) is 2.92. The first-order chi connectivity index (χ1) is 9.13. The standard InChI is InChI=1S/C16H26N2O/c1-12-6-4-8-15(13(12)2)16(10-17)18(3)11-14-7-5-9-19-14/h4,6,8,14,16H,5,7,9-11,17H2,1-3H3. The quantitative estimate of drug-likeness (QED) is 0.885. The zero-order chi connectivity index (χ0) is 13.8. The Bertz CT molecular complexity index is 413. The number of likely N-dealkylation sites (N-methyl/N-ethyl adjacent to an activating group) is 1. The second kappa shape index (κ2) is 6.51. The molecule has 2 rings (SSSR count). The summed E-state index contributed by atoms with van der Waals surface area (Å²) in [4.78, 5) is 2.35. The molecule has 0 bridgehead atoms. The number of nitrogens with two attached hydrogens (primary N) is 1. The van der Waals surface area contributed by atoms with Gasteiger partial charge in [-0.3, -0.25) is 4.90 Å². The van der Waals surface area contributed by atoms with Gasteiger partial charge < -0.3 is 10.5 Å². The van der Waals surface area contributed by atoms with E-state index in [1.54, 1.807) is 0 Å². The van der Waals surface area contributed by atoms with Crippen molar-refractivity contribution in [3.63, 3.8) is 0 Å². The molecule has 3 heteroatoms. The molecule has 1 saturated heterocycles. The molecule has 0 aliphatic carbocycles. The average Bonchev–Trinajstić information content (AvgIpc) is 2.88. The minimum atomic E-state index is 0.282. The molecule has 0 amide bonds. The molecule has 0 aromatic heterocycles. The van der Waals surface area contributed by atoms with Gasteiger partial charge in [-0.1, -0.05) is 18.2 Å². The fourth-order valence-electron chi connectivity index (χ4n) is 2.92. The number of nitrogens with zero attached hydrogens (tertiary/aromatic N) is 1. The van der Waals surface area contributed by atoms with E-state index in [1.807, 2.05) is 0 Å². The highest BCUT2D eigenvalue weighted by Gasteiger charge is 2.23. The lowest BCUT2D eigenvalue weighted by molar-refractivity contribution is 0.0688. The van der Waals surface area contributed by atoms with Crippen molar-refractivity contribution in [1.82, 2.24) is 4.90 Å². The van der Waals surface area contributed by atoms with Crippen LogP contribution in [-0.2, 0) is 4.74 Å². The number of ether oxygens (including phenoxy) is 1. The fraction of sp³-hybridized carbons (Fsp3) is 0.625. The molecule has 1 aliphatic heterocycles. The van der Waals surface area contributed by atoms with Gasteiger partial charge in [-0.25, -0.2) is 0 Å². The van der Waals surface area contributed by atoms with Crippen molar-refractivity contribution in [3.8, 4) is 0 Å². The van der Waals surface area contributed by atoms with Crippen LogP contribution in [0.4, 0.5) is 0 Å². The summed E-state index contributed by atoms with van der Waals surface area (Å²) in [6.07, 6.45) is 2.74. The maximum atomic E-state index is 6.02. The SMILES string of the molecule is Cc1cccc(C(CN)N(C)CC2CCCO2)c1C. The number of rotatable bonds is 5. The average molecular weight is 262 g/mol. The third-order valence-corrected chi connectivity index (χ3v) is 4.28. The monoisotopic (exact) mass is 262 g/mol. The molecule has 1 aromatic carbocycles. The van der Waals surface area contributed by atoms with E-state index in [4.69, 9.17) is 10.5 Å². The zero-order valence-corrected chi connectivity index (χ0v) is 12.4. The van der Waals surface area contributed by atoms with Gasteiger partial charge in [-0.2, -0.15) is 0 Å². The van der Waals surface area contributed by atoms with E-state index in [2.05, 4.69) is 44.0 Å². The summed E-state index contributed by atoms with van der Waals surface area (Å²) < 4.78 is 5.73. The number of aryl methyl sites for hydroxylation is 1. The Kier molecular flexibility index (Phi) is 4.97. The molecule has 2 unspecified atom stereocenters. The summed E-state index contributed by atoms with van der Waals surface area (Å²) in [5.74, 6) is 0. The van der Waals surface area contributed by atoms with Gasteiger partial charge in [0.15, 0.2) is 0 Å². The Labute approximate surface area is 116 Å². The van der Waals surface area contributed by atoms with Crippen LogP contribution in [0.3, 0.4) is 0 Å². The molecular formula is C16H26N2O. The Morgan fingerprint density at radius 2 is 2.21 bits per heavy atom. The summed E-state index contributed by atoms with van der Waals surface area (Å²) in [6, 6.07) is 6.77. The van der Waals surface area contributed by atoms with E-state index >= 15 is 0 Å². The van der Waals surface area contributed by atoms with Crippen LogP contribution >= 0.6 is 0 Å². The molecule has 2 N–H and O–H groups in total. The highest BCUT2D eigenvalue weighted by atomic mass is 16.5. The van der Waals surface area contributed by atoms with Crippen LogP contribution in [0.1, 0.15) is 35.6 Å². The van der Waals surface area contributed by atoms with E-state index in [0.29, 0.717) is 12.6 Å². The first-order valence-electron chi connectivity index (χ1n) is 7.21. The van der Waals surface area contributed by atoms with Gasteiger partial charge in [-0.05, 0) is 50.4 Å². The van der Waals surface area contributed by atoms with Crippen LogP contribution in [0.25, 0.3) is 0 Å². The number of benzene rings is 1. The smallest absolute Gasteiger partial charge is 0.0702 e. The van der Waals surface area contributed by atoms with Crippen molar-refractivity contribution in [3.05, 3.63) is 34.9 Å². The van der Waals surface area contributed by atoms with Crippen molar-refractivity contribution in [1.29, 1.82) is 0 Å². The van der Waals surface area contributed by atoms with Gasteiger partial charge in [0, 0.05) is 25.7 Å². The van der Waals surface area contributed by atoms with Crippen molar-refractivity contribution in [2.45, 2.75) is 38.8 Å². The highest BCUT2D eigenvalue weighted by Crippen LogP contribution is 2.25. The zero-order valence-electron chi connectivity index (χ0n) is 12.4. The molecule has 1 aromatic rings. The first-order valence-corrected chi connectivity index (χ1v) is 7.21. The lowest BCUT2D eigenvalue weighted by Gasteiger charge is -2.30. The van der Waals surface area contributed by atoms with Crippen molar-refractivity contribution in [2.24, 2.45) is 5.73 Å². The van der Waals surface area contributed by atoms with Crippen LogP contribution in [0, 0.1) is 13.8 Å². The van der Waals surface area contributed by atoms with Gasteiger partial charge in [0.2, 0.25) is 0 Å². The van der Waals surface area contributed by atoms with Crippen LogP contribution in [-0.4, -0.2) is 37.7 Å². The number of hydrogen-bond acceptors (Lipinski definition) is 3. The molecule has 2 atom stereocenters. The van der Waals surface area contributed by atoms with Crippen molar-refractivity contribution in [2.75, 3.05) is 26.7 Å². The van der Waals surface area contributed by atoms with E-state index < -0.39 is 0 Å². The maximum absolute atomic E-state index is 6.02. The predicted octanol–water partition coefficient (Wildman–Crippen LogP) is 2.41. The summed E-state index contributed by atoms with van der Waals surface area (Å²) in [6.45, 7) is 6.87. The molecule has 0 saturated carbocycles. The largest absolute Gasteiger partial charge is 0.377 e. The molecule has 1 heterocycles. The molecular weight excluding hydrogens is 236 g/mol. The molecule has 0 radical (unpaired) electrons. The Morgan fingerprint density at radius 3 is 2.84 bits per heavy atom. The van der Waals surface area contributed by atoms with Crippen LogP contribution in [0.15, 0.2) is 18.2 Å². The normalized spacial score (nSPS) is 21.0. The van der Waals surface area contributed by atoms with Crippen molar-refractivity contribution >= 4 is 0 Å². The Morgan fingerprint density at radius 1 is 1.42 bits per heavy atom. The Balaban J connectivity index is 2.11. The van der Waals surface area contributed by atoms with Gasteiger partial charge >= 0.3 is 0 Å². The van der Waals surface area contributed by atoms with Crippen LogP contribution in [0.2, 0.25) is 0 Å². The third-order valence-electron chi connectivity index (χ3n) is 4.28. The molecule has 19 heavy (non-hydrogen) atoms. The molecule has 1 aliphatic rings. The van der Waals surface area contributed by atoms with Gasteiger partial charge in [0.25, 0.3) is 0 Å². The lowest BCUT2D eigenvalue weighted by atomic mass is 9.96. The first kappa shape index (κ1) is 14.5. The van der Waals surface area contributed by atoms with Gasteiger partial charge in [-0.15, -0.1) is 0 Å². The van der Waals surface area contributed by atoms with E-state index in [0.717, 1.165) is 13.2 Å². The summed E-state index contributed by atoms with van der Waals surface area (Å²) >= 11 is 0. The van der Waals surface area contributed by atoms with Gasteiger partial charge in [0.1, 0.15) is 0 Å². The molecule has 1 fully saturated rings. The summed E-state index contributed by atoms with van der Waals surface area (Å²) in [5.41, 5.74) is 10.1. The number of hydrogen-bond donors (Lipinski definition) is 1. The minimum absolute atomic E-state index is 0.282. The maximum Gasteiger partial charge on any atom is 0.0702 e. The van der Waals surface area contributed by atoms with E-state index in [-0.39, 0.29) is 6.04 Å². The molecule has 0 spiro atoms. The van der Waals surface area contributed by atoms with E-state index in [9.17, 15) is 0 Å². The van der Waals surface area contributed by atoms with Gasteiger partial charge in [0.05, 0.1) is 6.10 Å². The Hall–Kier alpha value is -0.900. The van der Waals surface area contributed by atoms with Crippen LogP contribution in [0.5, 0.6) is 0 Å². The van der Waals surface area contributed by atoms with Crippen LogP contribution < -0.4 is 5.73 Å². The predicted molar refractivity (Wildman–Crippen MR) is 79.3 cm³/mol. The van der Waals surface area contributed by atoms with Crippen molar-refractivity contribution < 1.29 is 4.74 Å². The summed E-state index contributed by atoms with van der Waals surface area (Å²) in [5, 5.41) is 0. The lowest BCUT2D eigenvalue weighted by Crippen LogP contribution is -2.36. The second-order valence-corrected chi connectivity index (χ2v) is 5.62. The molecule has 106 valence electrons. The highest BCUT2D eigenvalue weighted by molar-refractivity contribution is 5.35.